The molecule has 1 N–H and O–H groups in total. The van der Waals surface area contributed by atoms with E-state index in [-0.39, 0.29) is 0 Å². The normalized spacial score (nSPS) is 10.6. The molecule has 0 aromatic carbocycles. The molecule has 0 aliphatic rings. The summed E-state index contributed by atoms with van der Waals surface area (Å²) in [6, 6.07) is 0. The highest BCUT2D eigenvalue weighted by molar-refractivity contribution is 9.10. The van der Waals surface area contributed by atoms with Crippen molar-refractivity contribution in [3.63, 3.8) is 0 Å². The predicted molar refractivity (Wildman–Crippen MR) is 62.6 cm³/mol. The van der Waals surface area contributed by atoms with Crippen molar-refractivity contribution >= 4 is 21.7 Å². The van der Waals surface area contributed by atoms with E-state index in [1.165, 1.54) is 0 Å². The van der Waals surface area contributed by atoms with Crippen LogP contribution in [0.15, 0.2) is 10.7 Å². The third kappa shape index (κ3) is 2.94. The van der Waals surface area contributed by atoms with Crippen molar-refractivity contribution in [2.75, 3.05) is 11.9 Å². The van der Waals surface area contributed by atoms with Crippen LogP contribution in [0.2, 0.25) is 0 Å². The van der Waals surface area contributed by atoms with E-state index in [0.717, 1.165) is 29.1 Å². The number of rotatable bonds is 4. The molecule has 0 saturated heterocycles. The predicted octanol–water partition coefficient (Wildman–Crippen LogP) is 3.18. The van der Waals surface area contributed by atoms with Crippen molar-refractivity contribution in [1.29, 1.82) is 0 Å². The topological polar surface area (TPSA) is 37.8 Å². The first-order chi connectivity index (χ1) is 6.65. The Labute approximate surface area is 93.5 Å². The Morgan fingerprint density at radius 2 is 2.21 bits per heavy atom. The lowest BCUT2D eigenvalue weighted by Crippen LogP contribution is -2.06. The van der Waals surface area contributed by atoms with Crippen molar-refractivity contribution in [3.05, 3.63) is 16.5 Å². The fourth-order valence-electron chi connectivity index (χ4n) is 1.03. The molecule has 3 nitrogen and oxygen atoms in total. The number of aromatic nitrogens is 2. The summed E-state index contributed by atoms with van der Waals surface area (Å²) >= 11 is 3.42. The summed E-state index contributed by atoms with van der Waals surface area (Å²) in [5.74, 6) is 2.14. The molecule has 0 aliphatic carbocycles. The van der Waals surface area contributed by atoms with Gasteiger partial charge < -0.3 is 5.32 Å². The molecule has 0 bridgehead atoms. The second-order valence-corrected chi connectivity index (χ2v) is 4.36. The van der Waals surface area contributed by atoms with Crippen LogP contribution < -0.4 is 5.32 Å². The number of hydrogen-bond acceptors (Lipinski definition) is 3. The first kappa shape index (κ1) is 11.4. The van der Waals surface area contributed by atoms with E-state index in [1.54, 1.807) is 6.20 Å². The van der Waals surface area contributed by atoms with Gasteiger partial charge in [0.25, 0.3) is 0 Å². The summed E-state index contributed by atoms with van der Waals surface area (Å²) in [6.45, 7) is 7.25. The molecule has 0 fully saturated rings. The molecule has 1 rings (SSSR count). The smallest absolute Gasteiger partial charge is 0.144 e. The van der Waals surface area contributed by atoms with E-state index in [0.29, 0.717) is 5.92 Å². The lowest BCUT2D eigenvalue weighted by molar-refractivity contribution is 0.771. The minimum atomic E-state index is 0.366. The van der Waals surface area contributed by atoms with E-state index in [4.69, 9.17) is 0 Å². The fourth-order valence-corrected chi connectivity index (χ4v) is 1.36. The molecular weight excluding hydrogens is 242 g/mol. The van der Waals surface area contributed by atoms with E-state index >= 15 is 0 Å². The van der Waals surface area contributed by atoms with Gasteiger partial charge in [-0.2, -0.15) is 0 Å². The van der Waals surface area contributed by atoms with Gasteiger partial charge in [-0.05, 0) is 22.4 Å². The molecule has 1 aromatic heterocycles. The van der Waals surface area contributed by atoms with Gasteiger partial charge in [-0.15, -0.1) is 0 Å². The monoisotopic (exact) mass is 257 g/mol. The summed E-state index contributed by atoms with van der Waals surface area (Å²) in [7, 11) is 0. The molecule has 0 spiro atoms. The van der Waals surface area contributed by atoms with Crippen LogP contribution in [0.3, 0.4) is 0 Å². The summed E-state index contributed by atoms with van der Waals surface area (Å²) < 4.78 is 0.926. The highest BCUT2D eigenvalue weighted by Crippen LogP contribution is 2.20. The average molecular weight is 258 g/mol. The van der Waals surface area contributed by atoms with Crippen LogP contribution in [0.4, 0.5) is 5.82 Å². The summed E-state index contributed by atoms with van der Waals surface area (Å²) in [4.78, 5) is 8.69. The van der Waals surface area contributed by atoms with Crippen LogP contribution in [0.5, 0.6) is 0 Å². The lowest BCUT2D eigenvalue weighted by Gasteiger charge is -2.09. The van der Waals surface area contributed by atoms with E-state index in [1.807, 2.05) is 0 Å². The highest BCUT2D eigenvalue weighted by Gasteiger charge is 2.06. The van der Waals surface area contributed by atoms with Gasteiger partial charge in [0.05, 0.1) is 4.47 Å². The lowest BCUT2D eigenvalue weighted by atomic mass is 10.2. The maximum Gasteiger partial charge on any atom is 0.144 e. The summed E-state index contributed by atoms with van der Waals surface area (Å²) in [5, 5.41) is 3.26. The molecule has 0 amide bonds. The quantitative estimate of drug-likeness (QED) is 0.901. The van der Waals surface area contributed by atoms with Crippen LogP contribution in [0.1, 0.15) is 38.9 Å². The van der Waals surface area contributed by atoms with E-state index in [2.05, 4.69) is 52.0 Å². The molecule has 1 heterocycles. The molecule has 0 aliphatic heterocycles. The minimum absolute atomic E-state index is 0.366. The zero-order valence-corrected chi connectivity index (χ0v) is 10.4. The Morgan fingerprint density at radius 3 is 2.79 bits per heavy atom. The van der Waals surface area contributed by atoms with Gasteiger partial charge in [0, 0.05) is 18.7 Å². The zero-order valence-electron chi connectivity index (χ0n) is 8.84. The zero-order chi connectivity index (χ0) is 10.6. The van der Waals surface area contributed by atoms with Crippen LogP contribution in [-0.2, 0) is 0 Å². The molecule has 0 saturated carbocycles. The number of halogens is 1. The van der Waals surface area contributed by atoms with Gasteiger partial charge in [0.1, 0.15) is 11.6 Å². The minimum Gasteiger partial charge on any atom is -0.369 e. The Bertz CT molecular complexity index is 299. The van der Waals surface area contributed by atoms with Crippen LogP contribution in [0.25, 0.3) is 0 Å². The number of nitrogens with zero attached hydrogens (tertiary/aromatic N) is 2. The largest absolute Gasteiger partial charge is 0.369 e. The number of hydrogen-bond donors (Lipinski definition) is 1. The third-order valence-electron chi connectivity index (χ3n) is 1.82. The Morgan fingerprint density at radius 1 is 1.50 bits per heavy atom. The first-order valence-electron chi connectivity index (χ1n) is 4.91. The first-order valence-corrected chi connectivity index (χ1v) is 5.70. The summed E-state index contributed by atoms with van der Waals surface area (Å²) in [6.07, 6.45) is 2.90. The van der Waals surface area contributed by atoms with Crippen LogP contribution >= 0.6 is 15.9 Å². The average Bonchev–Trinajstić information content (AvgIpc) is 2.16. The SMILES string of the molecule is CCCNc1nc(C(C)C)ncc1Br. The van der Waals surface area contributed by atoms with Crippen molar-refractivity contribution in [1.82, 2.24) is 9.97 Å². The van der Waals surface area contributed by atoms with Gasteiger partial charge >= 0.3 is 0 Å². The van der Waals surface area contributed by atoms with Crippen LogP contribution in [0, 0.1) is 0 Å². The second-order valence-electron chi connectivity index (χ2n) is 3.51. The molecule has 78 valence electrons. The van der Waals surface area contributed by atoms with Gasteiger partial charge in [0.2, 0.25) is 0 Å². The molecule has 14 heavy (non-hydrogen) atoms. The molecule has 0 unspecified atom stereocenters. The van der Waals surface area contributed by atoms with Gasteiger partial charge in [-0.3, -0.25) is 0 Å². The fraction of sp³-hybridized carbons (Fsp3) is 0.600. The molecule has 4 heteroatoms. The van der Waals surface area contributed by atoms with Crippen molar-refractivity contribution < 1.29 is 0 Å². The van der Waals surface area contributed by atoms with Crippen molar-refractivity contribution in [2.24, 2.45) is 0 Å². The Hall–Kier alpha value is -0.640. The van der Waals surface area contributed by atoms with Gasteiger partial charge in [0.15, 0.2) is 0 Å². The second kappa shape index (κ2) is 5.29. The Kier molecular flexibility index (Phi) is 4.32. The number of nitrogens with one attached hydrogen (secondary N) is 1. The maximum absolute atomic E-state index is 4.44. The molecule has 1 aromatic rings. The third-order valence-corrected chi connectivity index (χ3v) is 2.40. The van der Waals surface area contributed by atoms with Crippen LogP contribution in [-0.4, -0.2) is 16.5 Å². The highest BCUT2D eigenvalue weighted by atomic mass is 79.9. The standard InChI is InChI=1S/C10H16BrN3/c1-4-5-12-10-8(11)6-13-9(14-10)7(2)3/h6-7H,4-5H2,1-3H3,(H,12,13,14). The maximum atomic E-state index is 4.44. The van der Waals surface area contributed by atoms with E-state index < -0.39 is 0 Å². The molecular formula is C10H16BrN3. The molecule has 0 radical (unpaired) electrons. The van der Waals surface area contributed by atoms with Crippen molar-refractivity contribution in [2.45, 2.75) is 33.1 Å². The van der Waals surface area contributed by atoms with Gasteiger partial charge in [-0.1, -0.05) is 20.8 Å². The van der Waals surface area contributed by atoms with E-state index in [9.17, 15) is 0 Å². The summed E-state index contributed by atoms with van der Waals surface area (Å²) in [5.41, 5.74) is 0. The van der Waals surface area contributed by atoms with Gasteiger partial charge in [-0.25, -0.2) is 9.97 Å². The Balaban J connectivity index is 2.85. The number of anilines is 1. The molecule has 0 atom stereocenters. The van der Waals surface area contributed by atoms with Crippen molar-refractivity contribution in [3.8, 4) is 0 Å².